The van der Waals surface area contributed by atoms with Crippen LogP contribution in [0.1, 0.15) is 49.1 Å². The lowest BCUT2D eigenvalue weighted by molar-refractivity contribution is -0.133. The minimum absolute atomic E-state index is 0.0427. The molecule has 2 N–H and O–H groups in total. The smallest absolute Gasteiger partial charge is 0.287 e. The van der Waals surface area contributed by atoms with E-state index in [9.17, 15) is 18.8 Å². The van der Waals surface area contributed by atoms with Gasteiger partial charge >= 0.3 is 0 Å². The van der Waals surface area contributed by atoms with Gasteiger partial charge in [0.25, 0.3) is 5.91 Å². The zero-order chi connectivity index (χ0) is 27.7. The van der Waals surface area contributed by atoms with Gasteiger partial charge < -0.3 is 24.5 Å². The number of ketones is 1. The second-order valence-corrected chi connectivity index (χ2v) is 10.7. The molecule has 1 aliphatic heterocycles. The van der Waals surface area contributed by atoms with Crippen molar-refractivity contribution in [1.82, 2.24) is 15.2 Å². The number of anilines is 1. The van der Waals surface area contributed by atoms with Gasteiger partial charge in [0.1, 0.15) is 16.9 Å². The molecule has 2 fully saturated rings. The summed E-state index contributed by atoms with van der Waals surface area (Å²) in [7, 11) is 0. The zero-order valence-electron chi connectivity index (χ0n) is 22.1. The van der Waals surface area contributed by atoms with Gasteiger partial charge in [0.15, 0.2) is 11.5 Å². The number of nitrogens with zero attached hydrogens (tertiary/aromatic N) is 2. The molecule has 2 aromatic heterocycles. The van der Waals surface area contributed by atoms with Crippen molar-refractivity contribution in [3.8, 4) is 5.69 Å². The molecule has 3 heterocycles. The van der Waals surface area contributed by atoms with Gasteiger partial charge in [0.2, 0.25) is 5.91 Å². The van der Waals surface area contributed by atoms with E-state index in [2.05, 4.69) is 10.6 Å². The Bertz CT molecular complexity index is 1520. The minimum atomic E-state index is -1.12. The molecule has 1 saturated heterocycles. The van der Waals surface area contributed by atoms with Crippen LogP contribution in [0.5, 0.6) is 0 Å². The van der Waals surface area contributed by atoms with E-state index in [1.807, 2.05) is 52.2 Å². The molecule has 4 aromatic rings. The van der Waals surface area contributed by atoms with E-state index in [4.69, 9.17) is 4.42 Å². The van der Waals surface area contributed by atoms with Crippen molar-refractivity contribution in [3.05, 3.63) is 84.6 Å². The van der Waals surface area contributed by atoms with Crippen LogP contribution in [0.15, 0.2) is 77.5 Å². The normalized spacial score (nSPS) is 19.0. The van der Waals surface area contributed by atoms with Gasteiger partial charge in [-0.25, -0.2) is 4.39 Å². The van der Waals surface area contributed by atoms with Crippen LogP contribution in [-0.4, -0.2) is 46.8 Å². The first-order valence-electron chi connectivity index (χ1n) is 13.7. The lowest BCUT2D eigenvalue weighted by atomic mass is 9.80. The van der Waals surface area contributed by atoms with Crippen molar-refractivity contribution >= 4 is 34.3 Å². The fraction of sp³-hybridized carbons (Fsp3) is 0.323. The van der Waals surface area contributed by atoms with Crippen molar-refractivity contribution in [3.63, 3.8) is 0 Å². The maximum absolute atomic E-state index is 14.2. The summed E-state index contributed by atoms with van der Waals surface area (Å²) in [5, 5.41) is 6.73. The van der Waals surface area contributed by atoms with E-state index in [1.165, 1.54) is 12.1 Å². The maximum Gasteiger partial charge on any atom is 0.287 e. The number of hydrogen-bond donors (Lipinski definition) is 2. The highest BCUT2D eigenvalue weighted by Gasteiger charge is 2.43. The summed E-state index contributed by atoms with van der Waals surface area (Å²) in [5.74, 6) is -1.18. The first-order valence-corrected chi connectivity index (χ1v) is 13.7. The number of carbonyl (C=O) groups excluding carboxylic acids is 3. The Balaban J connectivity index is 1.16. The second-order valence-electron chi connectivity index (χ2n) is 10.7. The van der Waals surface area contributed by atoms with Crippen LogP contribution in [-0.2, 0) is 9.59 Å². The molecule has 2 aliphatic rings. The highest BCUT2D eigenvalue weighted by Crippen LogP contribution is 2.31. The number of furan rings is 1. The summed E-state index contributed by atoms with van der Waals surface area (Å²) < 4.78 is 21.8. The molecule has 1 atom stereocenters. The van der Waals surface area contributed by atoms with E-state index in [0.29, 0.717) is 37.1 Å². The summed E-state index contributed by atoms with van der Waals surface area (Å²) in [6, 6.07) is 16.6. The average molecular weight is 543 g/mol. The van der Waals surface area contributed by atoms with Gasteiger partial charge in [0.05, 0.1) is 24.0 Å². The van der Waals surface area contributed by atoms with Crippen LogP contribution in [0, 0.1) is 5.82 Å². The second kappa shape index (κ2) is 10.6. The Labute approximate surface area is 231 Å². The molecule has 0 bridgehead atoms. The number of nitrogens with one attached hydrogen (secondary N) is 2. The van der Waals surface area contributed by atoms with Gasteiger partial charge in [-0.3, -0.25) is 14.4 Å². The number of aromatic nitrogens is 1. The monoisotopic (exact) mass is 542 g/mol. The zero-order valence-corrected chi connectivity index (χ0v) is 22.1. The van der Waals surface area contributed by atoms with Crippen LogP contribution in [0.2, 0.25) is 0 Å². The molecule has 6 rings (SSSR count). The number of para-hydroxylation sites is 1. The van der Waals surface area contributed by atoms with Gasteiger partial charge in [-0.15, -0.1) is 0 Å². The number of rotatable bonds is 6. The SMILES string of the molecule is O=C(NC1(C(=O)NC2CCN(c3cc(F)ccc3-n3cccc3)CC2=O)CCCCC1)c1cc2ccccc2o1. The van der Waals surface area contributed by atoms with Gasteiger partial charge in [0, 0.05) is 24.3 Å². The Morgan fingerprint density at radius 2 is 1.73 bits per heavy atom. The third-order valence-electron chi connectivity index (χ3n) is 8.03. The molecular formula is C31H31FN4O4. The topological polar surface area (TPSA) is 96.6 Å². The minimum Gasteiger partial charge on any atom is -0.451 e. The van der Waals surface area contributed by atoms with E-state index in [1.54, 1.807) is 18.2 Å². The highest BCUT2D eigenvalue weighted by molar-refractivity contribution is 6.01. The van der Waals surface area contributed by atoms with E-state index >= 15 is 0 Å². The molecule has 2 aromatic carbocycles. The van der Waals surface area contributed by atoms with Gasteiger partial charge in [-0.2, -0.15) is 0 Å². The number of Topliss-reactive ketones (excluding diaryl/α,β-unsaturated/α-hetero) is 1. The standard InChI is InChI=1S/C31H31FN4O4/c32-22-10-11-24(35-15-6-7-16-35)25(19-22)36-17-12-23(26(37)20-36)33-30(39)31(13-4-1-5-14-31)34-29(38)28-18-21-8-2-3-9-27(21)40-28/h2-3,6-11,15-16,18-19,23H,1,4-5,12-14,17,20H2,(H,33,39)(H,34,38). The average Bonchev–Trinajstić information content (AvgIpc) is 3.65. The number of carbonyl (C=O) groups is 3. The third-order valence-corrected chi connectivity index (χ3v) is 8.03. The Morgan fingerprint density at radius 1 is 0.950 bits per heavy atom. The van der Waals surface area contributed by atoms with Crippen LogP contribution < -0.4 is 15.5 Å². The van der Waals surface area contributed by atoms with Gasteiger partial charge in [-0.05, 0) is 61.7 Å². The molecule has 1 saturated carbocycles. The van der Waals surface area contributed by atoms with Crippen molar-refractivity contribution in [2.45, 2.75) is 50.1 Å². The molecule has 40 heavy (non-hydrogen) atoms. The maximum atomic E-state index is 14.2. The van der Waals surface area contributed by atoms with Crippen LogP contribution in [0.25, 0.3) is 16.7 Å². The van der Waals surface area contributed by atoms with E-state index < -0.39 is 17.5 Å². The summed E-state index contributed by atoms with van der Waals surface area (Å²) in [4.78, 5) is 42.0. The lowest BCUT2D eigenvalue weighted by Gasteiger charge is -2.39. The summed E-state index contributed by atoms with van der Waals surface area (Å²) >= 11 is 0. The molecule has 1 unspecified atom stereocenters. The first kappa shape index (κ1) is 25.9. The Hall–Kier alpha value is -4.40. The van der Waals surface area contributed by atoms with E-state index in [0.717, 1.165) is 30.3 Å². The molecule has 9 heteroatoms. The molecule has 2 amide bonds. The number of fused-ring (bicyclic) bond motifs is 1. The number of halogens is 1. The van der Waals surface area contributed by atoms with Crippen molar-refractivity contribution in [2.24, 2.45) is 0 Å². The summed E-state index contributed by atoms with van der Waals surface area (Å²) in [6.07, 6.45) is 7.65. The Kier molecular flexibility index (Phi) is 6.88. The predicted molar refractivity (Wildman–Crippen MR) is 149 cm³/mol. The predicted octanol–water partition coefficient (Wildman–Crippen LogP) is 4.76. The molecule has 8 nitrogen and oxygen atoms in total. The van der Waals surface area contributed by atoms with Crippen LogP contribution >= 0.6 is 0 Å². The van der Waals surface area contributed by atoms with Crippen molar-refractivity contribution < 1.29 is 23.2 Å². The number of piperidine rings is 1. The molecule has 206 valence electrons. The van der Waals surface area contributed by atoms with E-state index in [-0.39, 0.29) is 29.8 Å². The number of hydrogen-bond acceptors (Lipinski definition) is 5. The lowest BCUT2D eigenvalue weighted by Crippen LogP contribution is -2.63. The third kappa shape index (κ3) is 4.99. The van der Waals surface area contributed by atoms with Gasteiger partial charge in [-0.1, -0.05) is 37.5 Å². The summed E-state index contributed by atoms with van der Waals surface area (Å²) in [5.41, 5.74) is 0.883. The summed E-state index contributed by atoms with van der Waals surface area (Å²) in [6.45, 7) is 0.508. The molecule has 0 spiro atoms. The quantitative estimate of drug-likeness (QED) is 0.366. The highest BCUT2D eigenvalue weighted by atomic mass is 19.1. The molecule has 1 aliphatic carbocycles. The Morgan fingerprint density at radius 3 is 2.48 bits per heavy atom. The number of benzene rings is 2. The van der Waals surface area contributed by atoms with Crippen molar-refractivity contribution in [1.29, 1.82) is 0 Å². The fourth-order valence-corrected chi connectivity index (χ4v) is 5.88. The molecular weight excluding hydrogens is 511 g/mol. The van der Waals surface area contributed by atoms with Crippen LogP contribution in [0.4, 0.5) is 10.1 Å². The fourth-order valence-electron chi connectivity index (χ4n) is 5.88. The van der Waals surface area contributed by atoms with Crippen molar-refractivity contribution in [2.75, 3.05) is 18.0 Å². The van der Waals surface area contributed by atoms with Crippen LogP contribution in [0.3, 0.4) is 0 Å². The number of amides is 2. The molecule has 0 radical (unpaired) electrons. The first-order chi connectivity index (χ1) is 19.4. The largest absolute Gasteiger partial charge is 0.451 e.